The van der Waals surface area contributed by atoms with Gasteiger partial charge in [-0.1, -0.05) is 54.6 Å². The summed E-state index contributed by atoms with van der Waals surface area (Å²) in [6.07, 6.45) is -1.12. The number of carbonyl (C=O) groups is 2. The third-order valence-electron chi connectivity index (χ3n) is 3.89. The quantitative estimate of drug-likeness (QED) is 0.642. The lowest BCUT2D eigenvalue weighted by Crippen LogP contribution is -2.22. The summed E-state index contributed by atoms with van der Waals surface area (Å²) >= 11 is 0. The zero-order chi connectivity index (χ0) is 18.4. The number of amides is 2. The molecule has 3 N–H and O–H groups in total. The highest BCUT2D eigenvalue weighted by Gasteiger charge is 2.06. The van der Waals surface area contributed by atoms with Crippen molar-refractivity contribution in [3.63, 3.8) is 0 Å². The Labute approximate surface area is 151 Å². The van der Waals surface area contributed by atoms with Gasteiger partial charge in [0.2, 0.25) is 0 Å². The number of hydrogen-bond acceptors (Lipinski definition) is 2. The van der Waals surface area contributed by atoms with Gasteiger partial charge in [0.15, 0.2) is 0 Å². The average molecular weight is 346 g/mol. The molecule has 0 spiro atoms. The minimum Gasteiger partial charge on any atom is -0.465 e. The maximum Gasteiger partial charge on any atom is 0.409 e. The van der Waals surface area contributed by atoms with E-state index < -0.39 is 6.09 Å². The SMILES string of the molecule is O=C(O)Nc1cccc(CNC(=O)c2ccc(-c3ccccc3)cc2)c1. The average Bonchev–Trinajstić information content (AvgIpc) is 2.67. The predicted molar refractivity (Wildman–Crippen MR) is 101 cm³/mol. The molecular formula is C21H18N2O3. The van der Waals surface area contributed by atoms with Gasteiger partial charge in [-0.15, -0.1) is 0 Å². The summed E-state index contributed by atoms with van der Waals surface area (Å²) in [5.74, 6) is -0.179. The largest absolute Gasteiger partial charge is 0.465 e. The van der Waals surface area contributed by atoms with E-state index in [4.69, 9.17) is 5.11 Å². The van der Waals surface area contributed by atoms with Crippen molar-refractivity contribution in [2.45, 2.75) is 6.54 Å². The molecule has 0 saturated heterocycles. The molecule has 2 amide bonds. The van der Waals surface area contributed by atoms with Crippen LogP contribution >= 0.6 is 0 Å². The maximum atomic E-state index is 12.3. The molecule has 0 saturated carbocycles. The van der Waals surface area contributed by atoms with Gasteiger partial charge in [-0.25, -0.2) is 4.79 Å². The van der Waals surface area contributed by atoms with Crippen LogP contribution in [-0.2, 0) is 6.54 Å². The minimum atomic E-state index is -1.12. The van der Waals surface area contributed by atoms with Gasteiger partial charge < -0.3 is 10.4 Å². The van der Waals surface area contributed by atoms with E-state index in [1.54, 1.807) is 30.3 Å². The van der Waals surface area contributed by atoms with Crippen LogP contribution in [0, 0.1) is 0 Å². The van der Waals surface area contributed by atoms with Crippen molar-refractivity contribution < 1.29 is 14.7 Å². The van der Waals surface area contributed by atoms with Crippen molar-refractivity contribution in [2.75, 3.05) is 5.32 Å². The Kier molecular flexibility index (Phi) is 5.29. The fraction of sp³-hybridized carbons (Fsp3) is 0.0476. The Morgan fingerprint density at radius 1 is 0.808 bits per heavy atom. The van der Waals surface area contributed by atoms with Crippen molar-refractivity contribution in [2.24, 2.45) is 0 Å². The van der Waals surface area contributed by atoms with Gasteiger partial charge in [-0.05, 0) is 41.0 Å². The number of anilines is 1. The van der Waals surface area contributed by atoms with Crippen LogP contribution in [0.2, 0.25) is 0 Å². The molecule has 3 aromatic rings. The van der Waals surface area contributed by atoms with Crippen LogP contribution in [0.1, 0.15) is 15.9 Å². The van der Waals surface area contributed by atoms with E-state index in [1.807, 2.05) is 48.5 Å². The van der Waals surface area contributed by atoms with Crippen LogP contribution in [0.25, 0.3) is 11.1 Å². The molecule has 26 heavy (non-hydrogen) atoms. The molecule has 3 aromatic carbocycles. The van der Waals surface area contributed by atoms with Gasteiger partial charge in [-0.2, -0.15) is 0 Å². The topological polar surface area (TPSA) is 78.4 Å². The molecule has 0 aromatic heterocycles. The van der Waals surface area contributed by atoms with Crippen LogP contribution < -0.4 is 10.6 Å². The molecule has 0 fully saturated rings. The molecule has 5 heteroatoms. The summed E-state index contributed by atoms with van der Waals surface area (Å²) in [6.45, 7) is 0.314. The van der Waals surface area contributed by atoms with Crippen molar-refractivity contribution >= 4 is 17.7 Å². The molecule has 0 aliphatic rings. The van der Waals surface area contributed by atoms with Crippen LogP contribution in [0.15, 0.2) is 78.9 Å². The highest BCUT2D eigenvalue weighted by atomic mass is 16.4. The summed E-state index contributed by atoms with van der Waals surface area (Å²) in [5, 5.41) is 13.9. The number of hydrogen-bond donors (Lipinski definition) is 3. The first kappa shape index (κ1) is 17.2. The molecule has 0 atom stereocenters. The molecular weight excluding hydrogens is 328 g/mol. The minimum absolute atomic E-state index is 0.179. The first-order valence-corrected chi connectivity index (χ1v) is 8.14. The van der Waals surface area contributed by atoms with Gasteiger partial charge in [0.1, 0.15) is 0 Å². The first-order chi connectivity index (χ1) is 12.6. The van der Waals surface area contributed by atoms with Gasteiger partial charge >= 0.3 is 6.09 Å². The number of nitrogens with one attached hydrogen (secondary N) is 2. The smallest absolute Gasteiger partial charge is 0.409 e. The van der Waals surface area contributed by atoms with Gasteiger partial charge in [0, 0.05) is 17.8 Å². The molecule has 0 aliphatic carbocycles. The fourth-order valence-electron chi connectivity index (χ4n) is 2.61. The van der Waals surface area contributed by atoms with E-state index in [9.17, 15) is 9.59 Å². The van der Waals surface area contributed by atoms with E-state index in [-0.39, 0.29) is 5.91 Å². The monoisotopic (exact) mass is 346 g/mol. The van der Waals surface area contributed by atoms with E-state index in [1.165, 1.54) is 0 Å². The van der Waals surface area contributed by atoms with E-state index in [2.05, 4.69) is 10.6 Å². The van der Waals surface area contributed by atoms with E-state index >= 15 is 0 Å². The van der Waals surface area contributed by atoms with Crippen LogP contribution in [-0.4, -0.2) is 17.1 Å². The molecule has 5 nitrogen and oxygen atoms in total. The molecule has 0 bridgehead atoms. The molecule has 0 radical (unpaired) electrons. The summed E-state index contributed by atoms with van der Waals surface area (Å²) in [4.78, 5) is 23.0. The molecule has 3 rings (SSSR count). The summed E-state index contributed by atoms with van der Waals surface area (Å²) in [6, 6.07) is 24.3. The Hall–Kier alpha value is -3.60. The van der Waals surface area contributed by atoms with E-state index in [0.717, 1.165) is 16.7 Å². The van der Waals surface area contributed by atoms with Crippen LogP contribution in [0.5, 0.6) is 0 Å². The van der Waals surface area contributed by atoms with Crippen LogP contribution in [0.4, 0.5) is 10.5 Å². The Balaban J connectivity index is 1.62. The molecule has 130 valence electrons. The molecule has 0 unspecified atom stereocenters. The normalized spacial score (nSPS) is 10.2. The lowest BCUT2D eigenvalue weighted by molar-refractivity contribution is 0.0951. The summed E-state index contributed by atoms with van der Waals surface area (Å²) < 4.78 is 0. The third-order valence-corrected chi connectivity index (χ3v) is 3.89. The van der Waals surface area contributed by atoms with Gasteiger partial charge in [0.25, 0.3) is 5.91 Å². The number of carbonyl (C=O) groups excluding carboxylic acids is 1. The fourth-order valence-corrected chi connectivity index (χ4v) is 2.61. The van der Waals surface area contributed by atoms with E-state index in [0.29, 0.717) is 17.8 Å². The van der Waals surface area contributed by atoms with Crippen molar-refractivity contribution in [3.8, 4) is 11.1 Å². The highest BCUT2D eigenvalue weighted by molar-refractivity contribution is 5.94. The highest BCUT2D eigenvalue weighted by Crippen LogP contribution is 2.19. The van der Waals surface area contributed by atoms with Crippen molar-refractivity contribution in [3.05, 3.63) is 90.0 Å². The second-order valence-electron chi connectivity index (χ2n) is 5.76. The lowest BCUT2D eigenvalue weighted by atomic mass is 10.0. The van der Waals surface area contributed by atoms with Crippen molar-refractivity contribution in [1.29, 1.82) is 0 Å². The molecule has 0 heterocycles. The second-order valence-corrected chi connectivity index (χ2v) is 5.76. The molecule has 0 aliphatic heterocycles. The van der Waals surface area contributed by atoms with Gasteiger partial charge in [0.05, 0.1) is 0 Å². The second kappa shape index (κ2) is 7.98. The van der Waals surface area contributed by atoms with Crippen LogP contribution in [0.3, 0.4) is 0 Å². The van der Waals surface area contributed by atoms with Crippen molar-refractivity contribution in [1.82, 2.24) is 5.32 Å². The standard InChI is InChI=1S/C21H18N2O3/c24-20(22-14-15-5-4-8-19(13-15)23-21(25)26)18-11-9-17(10-12-18)16-6-2-1-3-7-16/h1-13,23H,14H2,(H,22,24)(H,25,26). The Bertz CT molecular complexity index is 906. The number of carboxylic acid groups (broad SMARTS) is 1. The first-order valence-electron chi connectivity index (χ1n) is 8.14. The maximum absolute atomic E-state index is 12.3. The summed E-state index contributed by atoms with van der Waals surface area (Å²) in [5.41, 5.74) is 4.00. The zero-order valence-electron chi connectivity index (χ0n) is 14.0. The Morgan fingerprint density at radius 2 is 1.50 bits per heavy atom. The Morgan fingerprint density at radius 3 is 2.19 bits per heavy atom. The zero-order valence-corrected chi connectivity index (χ0v) is 14.0. The lowest BCUT2D eigenvalue weighted by Gasteiger charge is -2.08. The van der Waals surface area contributed by atoms with Gasteiger partial charge in [-0.3, -0.25) is 10.1 Å². The third kappa shape index (κ3) is 4.48. The predicted octanol–water partition coefficient (Wildman–Crippen LogP) is 4.37. The number of rotatable bonds is 5. The number of benzene rings is 3. The summed E-state index contributed by atoms with van der Waals surface area (Å²) in [7, 11) is 0.